The van der Waals surface area contributed by atoms with Gasteiger partial charge in [0.1, 0.15) is 5.60 Å². The normalized spacial score (nSPS) is 13.9. The van der Waals surface area contributed by atoms with Crippen LogP contribution in [0.3, 0.4) is 0 Å². The van der Waals surface area contributed by atoms with Crippen LogP contribution >= 0.6 is 0 Å². The van der Waals surface area contributed by atoms with E-state index in [2.05, 4.69) is 19.2 Å². The smallest absolute Gasteiger partial charge is 0.335 e. The Morgan fingerprint density at radius 1 is 1.25 bits per heavy atom. The summed E-state index contributed by atoms with van der Waals surface area (Å²) in [5.74, 6) is -0.308. The quantitative estimate of drug-likeness (QED) is 0.558. The Hall–Kier alpha value is -0.610. The van der Waals surface area contributed by atoms with E-state index in [1.807, 2.05) is 20.8 Å². The van der Waals surface area contributed by atoms with Crippen LogP contribution in [-0.2, 0) is 14.3 Å². The lowest BCUT2D eigenvalue weighted by molar-refractivity contribution is -0.167. The highest BCUT2D eigenvalue weighted by Crippen LogP contribution is 2.09. The van der Waals surface area contributed by atoms with Crippen molar-refractivity contribution in [2.45, 2.75) is 59.3 Å². The fourth-order valence-electron chi connectivity index (χ4n) is 1.04. The van der Waals surface area contributed by atoms with E-state index in [1.54, 1.807) is 6.92 Å². The van der Waals surface area contributed by atoms with Crippen LogP contribution in [0.4, 0.5) is 0 Å². The van der Waals surface area contributed by atoms with Gasteiger partial charge in [0.15, 0.2) is 6.10 Å². The Labute approximate surface area is 98.7 Å². The first kappa shape index (κ1) is 15.4. The fourth-order valence-corrected chi connectivity index (χ4v) is 1.04. The Bertz CT molecular complexity index is 209. The molecule has 0 radical (unpaired) electrons. The van der Waals surface area contributed by atoms with Gasteiger partial charge in [-0.1, -0.05) is 13.8 Å². The topological polar surface area (TPSA) is 47.6 Å². The molecule has 0 saturated carbocycles. The minimum absolute atomic E-state index is 0.308. The molecule has 0 aromatic rings. The molecule has 0 rings (SSSR count). The number of esters is 1. The summed E-state index contributed by atoms with van der Waals surface area (Å²) in [6, 6.07) is 0.431. The Kier molecular flexibility index (Phi) is 6.60. The molecular weight excluding hydrogens is 206 g/mol. The first-order valence-electron chi connectivity index (χ1n) is 5.80. The Morgan fingerprint density at radius 3 is 2.25 bits per heavy atom. The largest absolute Gasteiger partial charge is 0.458 e. The van der Waals surface area contributed by atoms with Crippen molar-refractivity contribution in [3.63, 3.8) is 0 Å². The second-order valence-electron chi connectivity index (χ2n) is 5.16. The summed E-state index contributed by atoms with van der Waals surface area (Å²) in [5, 5.41) is 3.21. The number of hydrogen-bond donors (Lipinski definition) is 1. The van der Waals surface area contributed by atoms with E-state index >= 15 is 0 Å². The summed E-state index contributed by atoms with van der Waals surface area (Å²) in [7, 11) is 0. The molecular formula is C12H25NO3. The van der Waals surface area contributed by atoms with Crippen molar-refractivity contribution in [2.24, 2.45) is 0 Å². The molecule has 16 heavy (non-hydrogen) atoms. The number of rotatable bonds is 6. The SMILES string of the molecule is CC(C)NCCOC(C)C(=O)OC(C)(C)C. The lowest BCUT2D eigenvalue weighted by atomic mass is 10.2. The van der Waals surface area contributed by atoms with Gasteiger partial charge in [-0.3, -0.25) is 0 Å². The maximum Gasteiger partial charge on any atom is 0.335 e. The molecule has 4 heteroatoms. The number of nitrogens with one attached hydrogen (secondary N) is 1. The summed E-state index contributed by atoms with van der Waals surface area (Å²) in [5.41, 5.74) is -0.453. The molecule has 0 aromatic heterocycles. The zero-order valence-electron chi connectivity index (χ0n) is 11.3. The molecule has 1 atom stereocenters. The summed E-state index contributed by atoms with van der Waals surface area (Å²) in [6.07, 6.45) is -0.506. The molecule has 0 spiro atoms. The van der Waals surface area contributed by atoms with Crippen LogP contribution in [0.2, 0.25) is 0 Å². The van der Waals surface area contributed by atoms with Crippen molar-refractivity contribution in [2.75, 3.05) is 13.2 Å². The second kappa shape index (κ2) is 6.86. The summed E-state index contributed by atoms with van der Waals surface area (Å²) in [4.78, 5) is 11.5. The molecule has 1 unspecified atom stereocenters. The second-order valence-corrected chi connectivity index (χ2v) is 5.16. The molecule has 0 aliphatic heterocycles. The molecule has 0 heterocycles. The molecule has 0 aliphatic rings. The van der Waals surface area contributed by atoms with E-state index in [4.69, 9.17) is 9.47 Å². The highest BCUT2D eigenvalue weighted by atomic mass is 16.6. The lowest BCUT2D eigenvalue weighted by Crippen LogP contribution is -2.34. The van der Waals surface area contributed by atoms with Gasteiger partial charge in [-0.05, 0) is 27.7 Å². The number of carbonyl (C=O) groups excluding carboxylic acids is 1. The van der Waals surface area contributed by atoms with E-state index in [-0.39, 0.29) is 5.97 Å². The van der Waals surface area contributed by atoms with Crippen molar-refractivity contribution in [1.29, 1.82) is 0 Å². The molecule has 96 valence electrons. The predicted octanol–water partition coefficient (Wildman–Crippen LogP) is 1.73. The predicted molar refractivity (Wildman–Crippen MR) is 64.4 cm³/mol. The van der Waals surface area contributed by atoms with Gasteiger partial charge < -0.3 is 14.8 Å². The summed E-state index contributed by atoms with van der Waals surface area (Å²) >= 11 is 0. The highest BCUT2D eigenvalue weighted by molar-refractivity contribution is 5.74. The van der Waals surface area contributed by atoms with Gasteiger partial charge in [0.05, 0.1) is 6.61 Å². The van der Waals surface area contributed by atoms with Gasteiger partial charge in [0, 0.05) is 12.6 Å². The number of ether oxygens (including phenoxy) is 2. The van der Waals surface area contributed by atoms with E-state index in [9.17, 15) is 4.79 Å². The van der Waals surface area contributed by atoms with E-state index in [0.29, 0.717) is 12.6 Å². The van der Waals surface area contributed by atoms with Gasteiger partial charge in [-0.15, -0.1) is 0 Å². The lowest BCUT2D eigenvalue weighted by Gasteiger charge is -2.22. The average Bonchev–Trinajstić information content (AvgIpc) is 2.08. The maximum atomic E-state index is 11.5. The first-order valence-corrected chi connectivity index (χ1v) is 5.80. The van der Waals surface area contributed by atoms with Crippen LogP contribution in [0.5, 0.6) is 0 Å². The average molecular weight is 231 g/mol. The van der Waals surface area contributed by atoms with E-state index in [0.717, 1.165) is 6.54 Å². The molecule has 0 fully saturated rings. The van der Waals surface area contributed by atoms with Gasteiger partial charge in [0.25, 0.3) is 0 Å². The van der Waals surface area contributed by atoms with Crippen molar-refractivity contribution < 1.29 is 14.3 Å². The van der Waals surface area contributed by atoms with Gasteiger partial charge >= 0.3 is 5.97 Å². The number of carbonyl (C=O) groups is 1. The van der Waals surface area contributed by atoms with Crippen LogP contribution in [-0.4, -0.2) is 36.9 Å². The molecule has 4 nitrogen and oxygen atoms in total. The van der Waals surface area contributed by atoms with Crippen LogP contribution < -0.4 is 5.32 Å². The van der Waals surface area contributed by atoms with Crippen molar-refractivity contribution in [1.82, 2.24) is 5.32 Å². The van der Waals surface area contributed by atoms with Crippen molar-refractivity contribution >= 4 is 5.97 Å². The maximum absolute atomic E-state index is 11.5. The van der Waals surface area contributed by atoms with Crippen LogP contribution in [0.15, 0.2) is 0 Å². The van der Waals surface area contributed by atoms with Crippen molar-refractivity contribution in [3.8, 4) is 0 Å². The van der Waals surface area contributed by atoms with Crippen LogP contribution in [0.25, 0.3) is 0 Å². The van der Waals surface area contributed by atoms with E-state index < -0.39 is 11.7 Å². The molecule has 0 saturated heterocycles. The minimum atomic E-state index is -0.506. The highest BCUT2D eigenvalue weighted by Gasteiger charge is 2.21. The first-order chi connectivity index (χ1) is 7.22. The Morgan fingerprint density at radius 2 is 1.81 bits per heavy atom. The molecule has 0 bridgehead atoms. The molecule has 0 amide bonds. The zero-order chi connectivity index (χ0) is 12.8. The molecule has 0 aliphatic carbocycles. The number of hydrogen-bond acceptors (Lipinski definition) is 4. The van der Waals surface area contributed by atoms with Gasteiger partial charge in [0.2, 0.25) is 0 Å². The third kappa shape index (κ3) is 8.68. The van der Waals surface area contributed by atoms with Crippen LogP contribution in [0.1, 0.15) is 41.5 Å². The Balaban J connectivity index is 3.72. The van der Waals surface area contributed by atoms with Gasteiger partial charge in [-0.2, -0.15) is 0 Å². The standard InChI is InChI=1S/C12H25NO3/c1-9(2)13-7-8-15-10(3)11(14)16-12(4,5)6/h9-10,13H,7-8H2,1-6H3. The summed E-state index contributed by atoms with van der Waals surface area (Å²) in [6.45, 7) is 12.6. The minimum Gasteiger partial charge on any atom is -0.458 e. The monoisotopic (exact) mass is 231 g/mol. The van der Waals surface area contributed by atoms with Crippen LogP contribution in [0, 0.1) is 0 Å². The van der Waals surface area contributed by atoms with Gasteiger partial charge in [-0.25, -0.2) is 4.79 Å². The molecule has 0 aromatic carbocycles. The van der Waals surface area contributed by atoms with E-state index in [1.165, 1.54) is 0 Å². The zero-order valence-corrected chi connectivity index (χ0v) is 11.3. The fraction of sp³-hybridized carbons (Fsp3) is 0.917. The third-order valence-corrected chi connectivity index (χ3v) is 1.76. The third-order valence-electron chi connectivity index (χ3n) is 1.76. The molecule has 1 N–H and O–H groups in total. The summed E-state index contributed by atoms with van der Waals surface area (Å²) < 4.78 is 10.6. The van der Waals surface area contributed by atoms with Crippen molar-refractivity contribution in [3.05, 3.63) is 0 Å².